The fourth-order valence-electron chi connectivity index (χ4n) is 4.58. The number of carbonyl (C=O) groups excluding carboxylic acids is 1. The highest BCUT2D eigenvalue weighted by Crippen LogP contribution is 2.33. The summed E-state index contributed by atoms with van der Waals surface area (Å²) in [5.74, 6) is 0.306. The van der Waals surface area contributed by atoms with Crippen molar-refractivity contribution in [2.24, 2.45) is 0 Å². The molecule has 0 unspecified atom stereocenters. The minimum Gasteiger partial charge on any atom is -0.335 e. The van der Waals surface area contributed by atoms with Gasteiger partial charge in [0, 0.05) is 51.7 Å². The molecule has 4 rings (SSSR count). The van der Waals surface area contributed by atoms with E-state index in [2.05, 4.69) is 57.1 Å². The molecule has 2 fully saturated rings. The molecule has 2 aliphatic heterocycles. The summed E-state index contributed by atoms with van der Waals surface area (Å²) in [6, 6.07) is 14.7. The lowest BCUT2D eigenvalue weighted by atomic mass is 9.82. The molecule has 0 N–H and O–H groups in total. The number of aromatic nitrogens is 1. The van der Waals surface area contributed by atoms with Crippen LogP contribution in [-0.2, 0) is 17.8 Å². The van der Waals surface area contributed by atoms with Gasteiger partial charge in [0.25, 0.3) is 0 Å². The van der Waals surface area contributed by atoms with E-state index in [-0.39, 0.29) is 5.54 Å². The molecule has 1 spiro atoms. The summed E-state index contributed by atoms with van der Waals surface area (Å²) < 4.78 is 0. The molecule has 5 heteroatoms. The van der Waals surface area contributed by atoms with E-state index in [4.69, 9.17) is 0 Å². The molecule has 0 aliphatic carbocycles. The first-order valence-electron chi connectivity index (χ1n) is 10.3. The van der Waals surface area contributed by atoms with E-state index in [9.17, 15) is 4.79 Å². The lowest BCUT2D eigenvalue weighted by Gasteiger charge is -2.51. The molecule has 1 aromatic heterocycles. The number of carbonyl (C=O) groups is 1. The minimum absolute atomic E-state index is 0.306. The van der Waals surface area contributed by atoms with Crippen LogP contribution < -0.4 is 0 Å². The fraction of sp³-hybridized carbons (Fsp3) is 0.478. The molecule has 0 saturated carbocycles. The monoisotopic (exact) mass is 378 g/mol. The maximum absolute atomic E-state index is 13.5. The summed E-state index contributed by atoms with van der Waals surface area (Å²) in [6.45, 7) is 5.49. The van der Waals surface area contributed by atoms with Crippen molar-refractivity contribution < 1.29 is 4.79 Å². The van der Waals surface area contributed by atoms with Crippen LogP contribution in [0.25, 0.3) is 0 Å². The van der Waals surface area contributed by atoms with Gasteiger partial charge in [-0.05, 0) is 49.6 Å². The molecule has 0 radical (unpaired) electrons. The van der Waals surface area contributed by atoms with Crippen molar-refractivity contribution in [2.75, 3.05) is 39.8 Å². The van der Waals surface area contributed by atoms with Gasteiger partial charge in [-0.3, -0.25) is 14.7 Å². The summed E-state index contributed by atoms with van der Waals surface area (Å²) in [6.07, 6.45) is 6.52. The van der Waals surface area contributed by atoms with Crippen LogP contribution in [0, 0.1) is 0 Å². The van der Waals surface area contributed by atoms with Gasteiger partial charge in [0.15, 0.2) is 0 Å². The number of likely N-dealkylation sites (N-methyl/N-ethyl adjacent to an activating group) is 1. The first kappa shape index (κ1) is 19.1. The van der Waals surface area contributed by atoms with Gasteiger partial charge in [-0.25, -0.2) is 0 Å². The molecule has 2 saturated heterocycles. The third-order valence-corrected chi connectivity index (χ3v) is 6.49. The Morgan fingerprint density at radius 2 is 1.64 bits per heavy atom. The zero-order valence-corrected chi connectivity index (χ0v) is 16.8. The average Bonchev–Trinajstić information content (AvgIpc) is 2.75. The molecule has 0 bridgehead atoms. The third kappa shape index (κ3) is 3.96. The van der Waals surface area contributed by atoms with Gasteiger partial charge in [-0.15, -0.1) is 0 Å². The lowest BCUT2D eigenvalue weighted by molar-refractivity contribution is -0.155. The number of rotatable bonds is 5. The standard InChI is InChI=1S/C23H30N4O/c1-25-17-18-27(19-21-7-12-24-13-8-21)22(28)23(25)10-15-26(16-11-23)14-9-20-5-3-2-4-6-20/h2-8,12-13H,9-11,14-19H2,1H3. The van der Waals surface area contributed by atoms with Gasteiger partial charge in [-0.2, -0.15) is 0 Å². The minimum atomic E-state index is -0.325. The van der Waals surface area contributed by atoms with Crippen molar-refractivity contribution in [3.8, 4) is 0 Å². The zero-order chi connectivity index (χ0) is 19.4. The van der Waals surface area contributed by atoms with Crippen molar-refractivity contribution >= 4 is 5.91 Å². The second-order valence-corrected chi connectivity index (χ2v) is 8.11. The Labute approximate surface area is 168 Å². The van der Waals surface area contributed by atoms with Gasteiger partial charge in [0.05, 0.1) is 0 Å². The quantitative estimate of drug-likeness (QED) is 0.801. The molecule has 5 nitrogen and oxygen atoms in total. The number of amides is 1. The Kier molecular flexibility index (Phi) is 5.74. The molecule has 3 heterocycles. The SMILES string of the molecule is CN1CCN(Cc2ccncc2)C(=O)C12CCN(CCc1ccccc1)CC2. The largest absolute Gasteiger partial charge is 0.335 e. The Morgan fingerprint density at radius 1 is 0.929 bits per heavy atom. The molecule has 0 atom stereocenters. The highest BCUT2D eigenvalue weighted by atomic mass is 16.2. The maximum Gasteiger partial charge on any atom is 0.243 e. The molecule has 28 heavy (non-hydrogen) atoms. The summed E-state index contributed by atoms with van der Waals surface area (Å²) in [4.78, 5) is 24.4. The summed E-state index contributed by atoms with van der Waals surface area (Å²) in [5.41, 5.74) is 2.22. The normalized spacial score (nSPS) is 20.6. The topological polar surface area (TPSA) is 39.7 Å². The van der Waals surface area contributed by atoms with Gasteiger partial charge in [-0.1, -0.05) is 30.3 Å². The van der Waals surface area contributed by atoms with Gasteiger partial charge >= 0.3 is 0 Å². The van der Waals surface area contributed by atoms with Crippen LogP contribution in [0.15, 0.2) is 54.9 Å². The van der Waals surface area contributed by atoms with Crippen LogP contribution in [-0.4, -0.2) is 70.9 Å². The zero-order valence-electron chi connectivity index (χ0n) is 16.8. The molecular formula is C23H30N4O. The summed E-state index contributed by atoms with van der Waals surface area (Å²) in [5, 5.41) is 0. The number of benzene rings is 1. The molecule has 2 aliphatic rings. The fourth-order valence-corrected chi connectivity index (χ4v) is 4.58. The van der Waals surface area contributed by atoms with Gasteiger partial charge < -0.3 is 9.80 Å². The highest BCUT2D eigenvalue weighted by Gasteiger charge is 2.49. The summed E-state index contributed by atoms with van der Waals surface area (Å²) >= 11 is 0. The first-order chi connectivity index (χ1) is 13.7. The van der Waals surface area contributed by atoms with Crippen molar-refractivity contribution in [3.63, 3.8) is 0 Å². The van der Waals surface area contributed by atoms with E-state index in [1.54, 1.807) is 12.4 Å². The predicted molar refractivity (Wildman–Crippen MR) is 111 cm³/mol. The lowest BCUT2D eigenvalue weighted by Crippen LogP contribution is -2.67. The van der Waals surface area contributed by atoms with Crippen molar-refractivity contribution in [1.29, 1.82) is 0 Å². The van der Waals surface area contributed by atoms with E-state index in [0.717, 1.165) is 57.5 Å². The molecule has 2 aromatic rings. The van der Waals surface area contributed by atoms with Crippen LogP contribution in [0.5, 0.6) is 0 Å². The second-order valence-electron chi connectivity index (χ2n) is 8.11. The number of piperazine rings is 1. The summed E-state index contributed by atoms with van der Waals surface area (Å²) in [7, 11) is 2.13. The van der Waals surface area contributed by atoms with E-state index >= 15 is 0 Å². The number of pyridine rings is 1. The number of piperidine rings is 1. The van der Waals surface area contributed by atoms with E-state index in [1.807, 2.05) is 12.1 Å². The van der Waals surface area contributed by atoms with Crippen LogP contribution >= 0.6 is 0 Å². The third-order valence-electron chi connectivity index (χ3n) is 6.49. The van der Waals surface area contributed by atoms with Crippen LogP contribution in [0.4, 0.5) is 0 Å². The Bertz CT molecular complexity index is 772. The molecule has 1 aromatic carbocycles. The Hall–Kier alpha value is -2.24. The van der Waals surface area contributed by atoms with Crippen LogP contribution in [0.3, 0.4) is 0 Å². The van der Waals surface area contributed by atoms with E-state index in [0.29, 0.717) is 12.5 Å². The van der Waals surface area contributed by atoms with Crippen LogP contribution in [0.1, 0.15) is 24.0 Å². The van der Waals surface area contributed by atoms with Crippen molar-refractivity contribution in [3.05, 3.63) is 66.0 Å². The first-order valence-corrected chi connectivity index (χ1v) is 10.3. The van der Waals surface area contributed by atoms with Crippen LogP contribution in [0.2, 0.25) is 0 Å². The highest BCUT2D eigenvalue weighted by molar-refractivity contribution is 5.87. The van der Waals surface area contributed by atoms with Crippen molar-refractivity contribution in [1.82, 2.24) is 19.7 Å². The number of likely N-dealkylation sites (tertiary alicyclic amines) is 1. The van der Waals surface area contributed by atoms with Gasteiger partial charge in [0.2, 0.25) is 5.91 Å². The Balaban J connectivity index is 1.37. The van der Waals surface area contributed by atoms with E-state index < -0.39 is 0 Å². The molecule has 1 amide bonds. The number of hydrogen-bond acceptors (Lipinski definition) is 4. The van der Waals surface area contributed by atoms with Crippen molar-refractivity contribution in [2.45, 2.75) is 31.3 Å². The van der Waals surface area contributed by atoms with E-state index in [1.165, 1.54) is 5.56 Å². The molecular weight excluding hydrogens is 348 g/mol. The average molecular weight is 379 g/mol. The smallest absolute Gasteiger partial charge is 0.243 e. The maximum atomic E-state index is 13.5. The number of hydrogen-bond donors (Lipinski definition) is 0. The second kappa shape index (κ2) is 8.41. The van der Waals surface area contributed by atoms with Gasteiger partial charge in [0.1, 0.15) is 5.54 Å². The predicted octanol–water partition coefficient (Wildman–Crippen LogP) is 2.43. The molecule has 148 valence electrons. The Morgan fingerprint density at radius 3 is 2.36 bits per heavy atom. The number of nitrogens with zero attached hydrogens (tertiary/aromatic N) is 4.